The number of hydrogen-bond donors (Lipinski definition) is 3. The maximum atomic E-state index is 11.9. The molecule has 1 atom stereocenters. The summed E-state index contributed by atoms with van der Waals surface area (Å²) in [4.78, 5) is 11.9. The van der Waals surface area contributed by atoms with Crippen molar-refractivity contribution in [1.29, 1.82) is 0 Å². The van der Waals surface area contributed by atoms with Crippen molar-refractivity contribution in [3.8, 4) is 0 Å². The van der Waals surface area contributed by atoms with Crippen LogP contribution in [0.15, 0.2) is 42.5 Å². The van der Waals surface area contributed by atoms with E-state index < -0.39 is 24.0 Å². The molecule has 5 nitrogen and oxygen atoms in total. The lowest BCUT2D eigenvalue weighted by Gasteiger charge is -2.25. The van der Waals surface area contributed by atoms with Crippen molar-refractivity contribution in [2.75, 3.05) is 0 Å². The molecule has 2 rings (SSSR count). The van der Waals surface area contributed by atoms with E-state index in [1.807, 2.05) is 42.5 Å². The highest BCUT2D eigenvalue weighted by molar-refractivity contribution is 5.85. The van der Waals surface area contributed by atoms with E-state index in [2.05, 4.69) is 5.32 Å². The quantitative estimate of drug-likeness (QED) is 0.757. The number of amides is 1. The molecule has 0 aromatic heterocycles. The minimum absolute atomic E-state index is 0.290. The number of benzene rings is 2. The van der Waals surface area contributed by atoms with Gasteiger partial charge in [-0.1, -0.05) is 42.5 Å². The largest absolute Gasteiger partial charge is 0.444 e. The first kappa shape index (κ1) is 17.2. The first-order valence-electron chi connectivity index (χ1n) is 7.58. The van der Waals surface area contributed by atoms with E-state index in [0.717, 1.165) is 16.3 Å². The number of carbonyl (C=O) groups excluding carboxylic acids is 1. The first-order chi connectivity index (χ1) is 10.8. The SMILES string of the molecule is CC(C)(C)OC(=O)N[C@@H](Cc1cccc2ccccc12)C(O)O. The summed E-state index contributed by atoms with van der Waals surface area (Å²) in [6, 6.07) is 12.8. The molecule has 5 heteroatoms. The predicted molar refractivity (Wildman–Crippen MR) is 89.0 cm³/mol. The molecule has 2 aromatic carbocycles. The van der Waals surface area contributed by atoms with Gasteiger partial charge in [0.1, 0.15) is 5.60 Å². The fourth-order valence-electron chi connectivity index (χ4n) is 2.40. The molecule has 0 bridgehead atoms. The van der Waals surface area contributed by atoms with Gasteiger partial charge in [0.05, 0.1) is 6.04 Å². The Hall–Kier alpha value is -2.11. The van der Waals surface area contributed by atoms with Gasteiger partial charge in [-0.3, -0.25) is 0 Å². The standard InChI is InChI=1S/C18H23NO4/c1-18(2,3)23-17(22)19-15(16(20)21)11-13-9-6-8-12-7-4-5-10-14(12)13/h4-10,15-16,20-21H,11H2,1-3H3,(H,19,22)/t15-/m0/s1. The molecule has 0 aliphatic carbocycles. The Morgan fingerprint density at radius 1 is 1.13 bits per heavy atom. The van der Waals surface area contributed by atoms with Crippen molar-refractivity contribution in [3.05, 3.63) is 48.0 Å². The third-order valence-corrected chi connectivity index (χ3v) is 3.38. The Labute approximate surface area is 135 Å². The Balaban J connectivity index is 2.17. The van der Waals surface area contributed by atoms with Gasteiger partial charge in [0.2, 0.25) is 0 Å². The van der Waals surface area contributed by atoms with E-state index in [1.54, 1.807) is 20.8 Å². The normalized spacial score (nSPS) is 13.1. The van der Waals surface area contributed by atoms with Crippen LogP contribution in [0.3, 0.4) is 0 Å². The summed E-state index contributed by atoms with van der Waals surface area (Å²) in [6.07, 6.45) is -2.06. The summed E-state index contributed by atoms with van der Waals surface area (Å²) in [5.74, 6) is 0. The molecular weight excluding hydrogens is 294 g/mol. The fraction of sp³-hybridized carbons (Fsp3) is 0.389. The molecule has 0 aliphatic rings. The van der Waals surface area contributed by atoms with E-state index in [9.17, 15) is 15.0 Å². The van der Waals surface area contributed by atoms with Crippen LogP contribution < -0.4 is 5.32 Å². The number of alkyl carbamates (subject to hydrolysis) is 1. The second kappa shape index (κ2) is 6.98. The van der Waals surface area contributed by atoms with Crippen molar-refractivity contribution in [2.24, 2.45) is 0 Å². The highest BCUT2D eigenvalue weighted by Gasteiger charge is 2.24. The highest BCUT2D eigenvalue weighted by Crippen LogP contribution is 2.20. The van der Waals surface area contributed by atoms with Crippen LogP contribution >= 0.6 is 0 Å². The molecule has 0 saturated carbocycles. The lowest BCUT2D eigenvalue weighted by atomic mass is 9.98. The number of nitrogens with one attached hydrogen (secondary N) is 1. The lowest BCUT2D eigenvalue weighted by molar-refractivity contribution is -0.0678. The lowest BCUT2D eigenvalue weighted by Crippen LogP contribution is -2.46. The molecule has 1 amide bonds. The number of aliphatic hydroxyl groups is 2. The average Bonchev–Trinajstić information content (AvgIpc) is 2.44. The second-order valence-electron chi connectivity index (χ2n) is 6.51. The van der Waals surface area contributed by atoms with E-state index >= 15 is 0 Å². The summed E-state index contributed by atoms with van der Waals surface area (Å²) >= 11 is 0. The van der Waals surface area contributed by atoms with Crippen LogP contribution in [0.5, 0.6) is 0 Å². The summed E-state index contributed by atoms with van der Waals surface area (Å²) in [7, 11) is 0. The van der Waals surface area contributed by atoms with Crippen LogP contribution in [-0.2, 0) is 11.2 Å². The molecule has 0 radical (unpaired) electrons. The molecule has 124 valence electrons. The van der Waals surface area contributed by atoms with Gasteiger partial charge in [-0.2, -0.15) is 0 Å². The Kier molecular flexibility index (Phi) is 5.23. The van der Waals surface area contributed by atoms with Gasteiger partial charge in [-0.25, -0.2) is 4.79 Å². The fourth-order valence-corrected chi connectivity index (χ4v) is 2.40. The van der Waals surface area contributed by atoms with E-state index in [4.69, 9.17) is 4.74 Å². The monoisotopic (exact) mass is 317 g/mol. The minimum atomic E-state index is -1.68. The van der Waals surface area contributed by atoms with Crippen molar-refractivity contribution in [1.82, 2.24) is 5.32 Å². The van der Waals surface area contributed by atoms with Gasteiger partial charge in [0, 0.05) is 0 Å². The third kappa shape index (κ3) is 4.94. The number of rotatable bonds is 4. The number of hydrogen-bond acceptors (Lipinski definition) is 4. The van der Waals surface area contributed by atoms with Gasteiger partial charge >= 0.3 is 6.09 Å². The molecule has 0 aliphatic heterocycles. The topological polar surface area (TPSA) is 78.8 Å². The summed E-state index contributed by atoms with van der Waals surface area (Å²) < 4.78 is 5.17. The molecule has 2 aromatic rings. The van der Waals surface area contributed by atoms with Crippen molar-refractivity contribution in [3.63, 3.8) is 0 Å². The summed E-state index contributed by atoms with van der Waals surface area (Å²) in [5, 5.41) is 23.8. The molecule has 0 spiro atoms. The van der Waals surface area contributed by atoms with Crippen LogP contribution in [0.2, 0.25) is 0 Å². The van der Waals surface area contributed by atoms with Gasteiger partial charge < -0.3 is 20.3 Å². The Bertz CT molecular complexity index is 671. The number of fused-ring (bicyclic) bond motifs is 1. The van der Waals surface area contributed by atoms with Crippen LogP contribution in [0.1, 0.15) is 26.3 Å². The zero-order valence-corrected chi connectivity index (χ0v) is 13.6. The molecule has 0 fully saturated rings. The smallest absolute Gasteiger partial charge is 0.408 e. The maximum Gasteiger partial charge on any atom is 0.408 e. The molecule has 0 heterocycles. The zero-order valence-electron chi connectivity index (χ0n) is 13.6. The molecule has 0 saturated heterocycles. The average molecular weight is 317 g/mol. The Morgan fingerprint density at radius 3 is 2.43 bits per heavy atom. The Morgan fingerprint density at radius 2 is 1.78 bits per heavy atom. The van der Waals surface area contributed by atoms with Crippen LogP contribution in [0, 0.1) is 0 Å². The van der Waals surface area contributed by atoms with Crippen molar-refractivity contribution < 1.29 is 19.7 Å². The van der Waals surface area contributed by atoms with Gasteiger partial charge in [0.25, 0.3) is 0 Å². The number of aliphatic hydroxyl groups excluding tert-OH is 1. The van der Waals surface area contributed by atoms with Crippen molar-refractivity contribution >= 4 is 16.9 Å². The van der Waals surface area contributed by atoms with Crippen LogP contribution in [0.25, 0.3) is 10.8 Å². The predicted octanol–water partition coefficient (Wildman–Crippen LogP) is 2.59. The van der Waals surface area contributed by atoms with Gasteiger partial charge in [0.15, 0.2) is 6.29 Å². The molecule has 3 N–H and O–H groups in total. The van der Waals surface area contributed by atoms with Gasteiger partial charge in [-0.05, 0) is 43.5 Å². The maximum absolute atomic E-state index is 11.9. The summed E-state index contributed by atoms with van der Waals surface area (Å²) in [5.41, 5.74) is 0.284. The molecule has 23 heavy (non-hydrogen) atoms. The van der Waals surface area contributed by atoms with E-state index in [0.29, 0.717) is 0 Å². The zero-order chi connectivity index (χ0) is 17.0. The molecular formula is C18H23NO4. The van der Waals surface area contributed by atoms with Gasteiger partial charge in [-0.15, -0.1) is 0 Å². The van der Waals surface area contributed by atoms with Crippen LogP contribution in [0.4, 0.5) is 4.79 Å². The minimum Gasteiger partial charge on any atom is -0.444 e. The number of carbonyl (C=O) groups is 1. The summed E-state index contributed by atoms with van der Waals surface area (Å²) in [6.45, 7) is 5.25. The van der Waals surface area contributed by atoms with Crippen molar-refractivity contribution in [2.45, 2.75) is 45.1 Å². The third-order valence-electron chi connectivity index (χ3n) is 3.38. The van der Waals surface area contributed by atoms with E-state index in [-0.39, 0.29) is 6.42 Å². The molecule has 0 unspecified atom stereocenters. The van der Waals surface area contributed by atoms with E-state index in [1.165, 1.54) is 0 Å². The first-order valence-corrected chi connectivity index (χ1v) is 7.58. The number of ether oxygens (including phenoxy) is 1. The highest BCUT2D eigenvalue weighted by atomic mass is 16.6. The second-order valence-corrected chi connectivity index (χ2v) is 6.51. The van der Waals surface area contributed by atoms with Crippen LogP contribution in [-0.4, -0.2) is 34.2 Å².